The quantitative estimate of drug-likeness (QED) is 0.559. The minimum atomic E-state index is -0.103. The molecule has 0 saturated heterocycles. The van der Waals surface area contributed by atoms with Gasteiger partial charge in [0.1, 0.15) is 5.82 Å². The third-order valence-corrected chi connectivity index (χ3v) is 3.57. The Morgan fingerprint density at radius 1 is 1.29 bits per heavy atom. The molecule has 2 heterocycles. The largest absolute Gasteiger partial charge is 0.308 e. The van der Waals surface area contributed by atoms with Crippen molar-refractivity contribution >= 4 is 32.7 Å². The second-order valence-corrected chi connectivity index (χ2v) is 5.41. The van der Waals surface area contributed by atoms with Crippen LogP contribution in [0.5, 0.6) is 0 Å². The van der Waals surface area contributed by atoms with Gasteiger partial charge in [-0.15, -0.1) is 0 Å². The summed E-state index contributed by atoms with van der Waals surface area (Å²) in [7, 11) is 0. The zero-order valence-corrected chi connectivity index (χ0v) is 12.5. The van der Waals surface area contributed by atoms with Gasteiger partial charge in [0, 0.05) is 4.47 Å². The molecule has 0 spiro atoms. The summed E-state index contributed by atoms with van der Waals surface area (Å²) < 4.78 is 2.37. The molecule has 2 aromatic heterocycles. The molecule has 0 bridgehead atoms. The number of fused-ring (bicyclic) bond motifs is 1. The lowest BCUT2D eigenvalue weighted by Crippen LogP contribution is -2.22. The lowest BCUT2D eigenvalue weighted by molar-refractivity contribution is 0.730. The number of aromatic nitrogens is 3. The molecule has 3 rings (SSSR count). The predicted octanol–water partition coefficient (Wildman–Crippen LogP) is 1.89. The Balaban J connectivity index is 2.04. The second kappa shape index (κ2) is 5.63. The van der Waals surface area contributed by atoms with Crippen LogP contribution in [0.25, 0.3) is 10.9 Å². The molecule has 106 valence electrons. The monoisotopic (exact) mass is 345 g/mol. The van der Waals surface area contributed by atoms with Gasteiger partial charge >= 0.3 is 0 Å². The molecule has 3 N–H and O–H groups in total. The lowest BCUT2D eigenvalue weighted by atomic mass is 10.2. The number of pyridine rings is 1. The van der Waals surface area contributed by atoms with Crippen molar-refractivity contribution < 1.29 is 0 Å². The topological polar surface area (TPSA) is 85.8 Å². The molecule has 0 atom stereocenters. The summed E-state index contributed by atoms with van der Waals surface area (Å²) in [5.41, 5.74) is 3.78. The number of nitrogens with zero attached hydrogens (tertiary/aromatic N) is 3. The van der Waals surface area contributed by atoms with Crippen molar-refractivity contribution in [1.82, 2.24) is 14.5 Å². The van der Waals surface area contributed by atoms with Crippen LogP contribution in [0, 0.1) is 0 Å². The number of anilines is 1. The molecule has 0 aliphatic heterocycles. The van der Waals surface area contributed by atoms with Crippen LogP contribution in [0.3, 0.4) is 0 Å². The third-order valence-electron chi connectivity index (χ3n) is 3.07. The maximum atomic E-state index is 12.5. The van der Waals surface area contributed by atoms with Crippen LogP contribution in [0.4, 0.5) is 5.82 Å². The molecule has 0 aliphatic rings. The van der Waals surface area contributed by atoms with Gasteiger partial charge in [0.15, 0.2) is 0 Å². The smallest absolute Gasteiger partial charge is 0.261 e. The third kappa shape index (κ3) is 2.79. The zero-order chi connectivity index (χ0) is 14.8. The molecular weight excluding hydrogens is 334 g/mol. The Kier molecular flexibility index (Phi) is 3.68. The van der Waals surface area contributed by atoms with Gasteiger partial charge in [0.25, 0.3) is 5.56 Å². The van der Waals surface area contributed by atoms with Crippen LogP contribution < -0.4 is 16.8 Å². The standard InChI is InChI=1S/C14H12BrN5O/c15-9-4-5-12-11(6-9)14(21)20(8-17-12)7-10-2-1-3-13(18-10)19-16/h1-6,8H,7,16H2,(H,18,19). The highest BCUT2D eigenvalue weighted by atomic mass is 79.9. The van der Waals surface area contributed by atoms with E-state index >= 15 is 0 Å². The van der Waals surface area contributed by atoms with E-state index < -0.39 is 0 Å². The molecule has 3 aromatic rings. The van der Waals surface area contributed by atoms with Gasteiger partial charge in [0.05, 0.1) is 29.5 Å². The Hall–Kier alpha value is -2.25. The molecule has 7 heteroatoms. The van der Waals surface area contributed by atoms with Crippen molar-refractivity contribution in [2.45, 2.75) is 6.54 Å². The lowest BCUT2D eigenvalue weighted by Gasteiger charge is -2.07. The van der Waals surface area contributed by atoms with E-state index in [1.807, 2.05) is 24.3 Å². The van der Waals surface area contributed by atoms with Gasteiger partial charge in [-0.05, 0) is 30.3 Å². The molecule has 0 saturated carbocycles. The summed E-state index contributed by atoms with van der Waals surface area (Å²) >= 11 is 3.37. The van der Waals surface area contributed by atoms with Gasteiger partial charge in [-0.2, -0.15) is 0 Å². The number of hydrogen-bond acceptors (Lipinski definition) is 5. The zero-order valence-electron chi connectivity index (χ0n) is 11.0. The maximum absolute atomic E-state index is 12.5. The average molecular weight is 346 g/mol. The second-order valence-electron chi connectivity index (χ2n) is 4.50. The first kappa shape index (κ1) is 13.7. The fraction of sp³-hybridized carbons (Fsp3) is 0.0714. The first-order valence-corrected chi connectivity index (χ1v) is 7.04. The normalized spacial score (nSPS) is 10.8. The molecule has 0 unspecified atom stereocenters. The Bertz CT molecular complexity index is 861. The highest BCUT2D eigenvalue weighted by molar-refractivity contribution is 9.10. The summed E-state index contributed by atoms with van der Waals surface area (Å²) in [4.78, 5) is 21.1. The maximum Gasteiger partial charge on any atom is 0.261 e. The van der Waals surface area contributed by atoms with Crippen LogP contribution in [0.1, 0.15) is 5.69 Å². The van der Waals surface area contributed by atoms with Gasteiger partial charge in [0.2, 0.25) is 0 Å². The van der Waals surface area contributed by atoms with Crippen molar-refractivity contribution in [3.8, 4) is 0 Å². The number of hydrogen-bond donors (Lipinski definition) is 2. The van der Waals surface area contributed by atoms with E-state index in [9.17, 15) is 4.79 Å². The molecule has 0 amide bonds. The summed E-state index contributed by atoms with van der Waals surface area (Å²) in [5.74, 6) is 5.89. The number of nitrogen functional groups attached to an aromatic ring is 1. The van der Waals surface area contributed by atoms with Crippen LogP contribution in [0.15, 0.2) is 52.0 Å². The molecule has 6 nitrogen and oxygen atoms in total. The highest BCUT2D eigenvalue weighted by Crippen LogP contribution is 2.15. The SMILES string of the molecule is NNc1cccc(Cn2cnc3ccc(Br)cc3c2=O)n1. The van der Waals surface area contributed by atoms with E-state index in [2.05, 4.69) is 31.3 Å². The first-order valence-electron chi connectivity index (χ1n) is 6.24. The highest BCUT2D eigenvalue weighted by Gasteiger charge is 2.06. The van der Waals surface area contributed by atoms with Crippen molar-refractivity contribution in [3.05, 3.63) is 63.2 Å². The Morgan fingerprint density at radius 3 is 2.95 bits per heavy atom. The number of nitrogens with two attached hydrogens (primary N) is 1. The average Bonchev–Trinajstić information content (AvgIpc) is 2.51. The van der Waals surface area contributed by atoms with E-state index in [1.165, 1.54) is 10.9 Å². The number of rotatable bonds is 3. The molecule has 0 radical (unpaired) electrons. The van der Waals surface area contributed by atoms with Gasteiger partial charge < -0.3 is 5.43 Å². The predicted molar refractivity (Wildman–Crippen MR) is 84.9 cm³/mol. The van der Waals surface area contributed by atoms with Gasteiger partial charge in [-0.3, -0.25) is 9.36 Å². The minimum Gasteiger partial charge on any atom is -0.308 e. The molecular formula is C14H12BrN5O. The van der Waals surface area contributed by atoms with Crippen molar-refractivity contribution in [2.75, 3.05) is 5.43 Å². The number of benzene rings is 1. The van der Waals surface area contributed by atoms with E-state index in [4.69, 9.17) is 5.84 Å². The number of nitrogens with one attached hydrogen (secondary N) is 1. The van der Waals surface area contributed by atoms with Crippen molar-refractivity contribution in [3.63, 3.8) is 0 Å². The van der Waals surface area contributed by atoms with Gasteiger partial charge in [-0.1, -0.05) is 22.0 Å². The van der Waals surface area contributed by atoms with Crippen LogP contribution in [-0.2, 0) is 6.54 Å². The Morgan fingerprint density at radius 2 is 2.14 bits per heavy atom. The summed E-state index contributed by atoms with van der Waals surface area (Å²) in [6, 6.07) is 10.8. The van der Waals surface area contributed by atoms with Crippen LogP contribution >= 0.6 is 15.9 Å². The number of halogens is 1. The fourth-order valence-corrected chi connectivity index (χ4v) is 2.43. The van der Waals surface area contributed by atoms with Crippen LogP contribution in [0.2, 0.25) is 0 Å². The summed E-state index contributed by atoms with van der Waals surface area (Å²) in [5, 5.41) is 0.569. The molecule has 0 fully saturated rings. The summed E-state index contributed by atoms with van der Waals surface area (Å²) in [6.07, 6.45) is 1.53. The molecule has 21 heavy (non-hydrogen) atoms. The number of hydrazine groups is 1. The van der Waals surface area contributed by atoms with Crippen LogP contribution in [-0.4, -0.2) is 14.5 Å². The van der Waals surface area contributed by atoms with E-state index in [0.717, 1.165) is 10.2 Å². The molecule has 0 aliphatic carbocycles. The first-order chi connectivity index (χ1) is 10.2. The van der Waals surface area contributed by atoms with Crippen molar-refractivity contribution in [2.24, 2.45) is 5.84 Å². The Labute approximate surface area is 128 Å². The van der Waals surface area contributed by atoms with Gasteiger partial charge in [-0.25, -0.2) is 15.8 Å². The molecule has 1 aromatic carbocycles. The van der Waals surface area contributed by atoms with E-state index in [1.54, 1.807) is 12.1 Å². The minimum absolute atomic E-state index is 0.103. The van der Waals surface area contributed by atoms with E-state index in [0.29, 0.717) is 23.3 Å². The summed E-state index contributed by atoms with van der Waals surface area (Å²) in [6.45, 7) is 0.337. The van der Waals surface area contributed by atoms with E-state index in [-0.39, 0.29) is 5.56 Å². The van der Waals surface area contributed by atoms with Crippen molar-refractivity contribution in [1.29, 1.82) is 0 Å². The fourth-order valence-electron chi connectivity index (χ4n) is 2.07.